The predicted molar refractivity (Wildman–Crippen MR) is 78.7 cm³/mol. The van der Waals surface area contributed by atoms with Crippen molar-refractivity contribution < 1.29 is 19.4 Å². The van der Waals surface area contributed by atoms with Crippen LogP contribution in [0.15, 0.2) is 18.2 Å². The maximum atomic E-state index is 11.9. The van der Waals surface area contributed by atoms with Gasteiger partial charge in [0.15, 0.2) is 0 Å². The minimum atomic E-state index is -0.936. The maximum Gasteiger partial charge on any atom is 0.407 e. The summed E-state index contributed by atoms with van der Waals surface area (Å²) in [5.74, 6) is -0.802. The standard InChI is InChI=1S/C16H21NO4/c1-9-12-6-5-10(14(18)19)7-11(12)8-13(9)17-15(20)21-16(2,3)4/h5-7,9,13H,8H2,1-4H3,(H,17,20)(H,18,19). The van der Waals surface area contributed by atoms with Crippen molar-refractivity contribution in [3.8, 4) is 0 Å². The Labute approximate surface area is 124 Å². The second-order valence-electron chi connectivity index (χ2n) is 6.46. The van der Waals surface area contributed by atoms with Crippen LogP contribution in [-0.4, -0.2) is 28.8 Å². The molecule has 0 bridgehead atoms. The van der Waals surface area contributed by atoms with Gasteiger partial charge >= 0.3 is 12.1 Å². The molecule has 0 saturated heterocycles. The zero-order valence-corrected chi connectivity index (χ0v) is 12.8. The first-order valence-corrected chi connectivity index (χ1v) is 7.03. The van der Waals surface area contributed by atoms with Crippen molar-refractivity contribution in [1.29, 1.82) is 0 Å². The van der Waals surface area contributed by atoms with E-state index in [0.29, 0.717) is 6.42 Å². The lowest BCUT2D eigenvalue weighted by Gasteiger charge is -2.23. The molecule has 2 atom stereocenters. The molecule has 1 aromatic rings. The minimum Gasteiger partial charge on any atom is -0.478 e. The second kappa shape index (κ2) is 5.39. The molecule has 0 saturated carbocycles. The molecule has 5 heteroatoms. The van der Waals surface area contributed by atoms with E-state index in [1.165, 1.54) is 0 Å². The Morgan fingerprint density at radius 3 is 2.57 bits per heavy atom. The molecule has 2 unspecified atom stereocenters. The molecule has 0 spiro atoms. The van der Waals surface area contributed by atoms with E-state index in [0.717, 1.165) is 11.1 Å². The summed E-state index contributed by atoms with van der Waals surface area (Å²) in [7, 11) is 0. The van der Waals surface area contributed by atoms with E-state index in [9.17, 15) is 9.59 Å². The number of hydrogen-bond acceptors (Lipinski definition) is 3. The molecule has 0 radical (unpaired) electrons. The average Bonchev–Trinajstić information content (AvgIpc) is 2.63. The number of carboxylic acids is 1. The predicted octanol–water partition coefficient (Wildman–Crippen LogP) is 2.94. The smallest absolute Gasteiger partial charge is 0.407 e. The lowest BCUT2D eigenvalue weighted by molar-refractivity contribution is 0.0500. The van der Waals surface area contributed by atoms with Gasteiger partial charge in [0.1, 0.15) is 5.60 Å². The number of amides is 1. The topological polar surface area (TPSA) is 75.6 Å². The van der Waals surface area contributed by atoms with Gasteiger partial charge in [-0.3, -0.25) is 0 Å². The Bertz CT molecular complexity index is 574. The van der Waals surface area contributed by atoms with E-state index >= 15 is 0 Å². The molecule has 1 aliphatic rings. The summed E-state index contributed by atoms with van der Waals surface area (Å²) < 4.78 is 5.26. The number of hydrogen-bond donors (Lipinski definition) is 2. The van der Waals surface area contributed by atoms with Crippen molar-refractivity contribution in [2.75, 3.05) is 0 Å². The lowest BCUT2D eigenvalue weighted by Crippen LogP contribution is -2.40. The lowest BCUT2D eigenvalue weighted by atomic mass is 10.00. The van der Waals surface area contributed by atoms with Crippen LogP contribution in [0.5, 0.6) is 0 Å². The van der Waals surface area contributed by atoms with Gasteiger partial charge in [0.05, 0.1) is 5.56 Å². The van der Waals surface area contributed by atoms with Crippen LogP contribution in [0.2, 0.25) is 0 Å². The van der Waals surface area contributed by atoms with Crippen molar-refractivity contribution in [3.05, 3.63) is 34.9 Å². The van der Waals surface area contributed by atoms with Gasteiger partial charge < -0.3 is 15.2 Å². The molecular formula is C16H21NO4. The number of carboxylic acid groups (broad SMARTS) is 1. The van der Waals surface area contributed by atoms with Gasteiger partial charge in [0.25, 0.3) is 0 Å². The minimum absolute atomic E-state index is 0.0705. The van der Waals surface area contributed by atoms with Crippen molar-refractivity contribution in [1.82, 2.24) is 5.32 Å². The van der Waals surface area contributed by atoms with E-state index < -0.39 is 17.7 Å². The zero-order chi connectivity index (χ0) is 15.8. The van der Waals surface area contributed by atoms with Crippen LogP contribution < -0.4 is 5.32 Å². The number of ether oxygens (including phenoxy) is 1. The van der Waals surface area contributed by atoms with E-state index in [2.05, 4.69) is 5.32 Å². The largest absolute Gasteiger partial charge is 0.478 e. The Hall–Kier alpha value is -2.04. The summed E-state index contributed by atoms with van der Waals surface area (Å²) >= 11 is 0. The SMILES string of the molecule is CC1c2ccc(C(=O)O)cc2CC1NC(=O)OC(C)(C)C. The Balaban J connectivity index is 2.09. The summed E-state index contributed by atoms with van der Waals surface area (Å²) in [5, 5.41) is 11.9. The molecule has 114 valence electrons. The highest BCUT2D eigenvalue weighted by molar-refractivity contribution is 5.88. The van der Waals surface area contributed by atoms with Gasteiger partial charge in [-0.05, 0) is 50.5 Å². The molecule has 0 fully saturated rings. The third-order valence-corrected chi connectivity index (χ3v) is 3.63. The van der Waals surface area contributed by atoms with E-state index in [1.807, 2.05) is 33.8 Å². The molecule has 1 aromatic carbocycles. The number of carbonyl (C=O) groups excluding carboxylic acids is 1. The van der Waals surface area contributed by atoms with Crippen LogP contribution in [-0.2, 0) is 11.2 Å². The molecule has 5 nitrogen and oxygen atoms in total. The number of carbonyl (C=O) groups is 2. The number of benzene rings is 1. The van der Waals surface area contributed by atoms with Crippen molar-refractivity contribution >= 4 is 12.1 Å². The summed E-state index contributed by atoms with van der Waals surface area (Å²) in [5.41, 5.74) is 1.80. The Morgan fingerprint density at radius 1 is 1.33 bits per heavy atom. The third kappa shape index (κ3) is 3.54. The first kappa shape index (κ1) is 15.4. The highest BCUT2D eigenvalue weighted by Crippen LogP contribution is 2.33. The molecule has 2 rings (SSSR count). The number of rotatable bonds is 2. The van der Waals surface area contributed by atoms with Crippen molar-refractivity contribution in [2.45, 2.75) is 51.7 Å². The van der Waals surface area contributed by atoms with Crippen LogP contribution >= 0.6 is 0 Å². The van der Waals surface area contributed by atoms with Crippen molar-refractivity contribution in [3.63, 3.8) is 0 Å². The highest BCUT2D eigenvalue weighted by atomic mass is 16.6. The molecule has 0 aromatic heterocycles. The Morgan fingerprint density at radius 2 is 2.00 bits per heavy atom. The molecule has 2 N–H and O–H groups in total. The summed E-state index contributed by atoms with van der Waals surface area (Å²) in [6.07, 6.45) is 0.183. The van der Waals surface area contributed by atoms with Crippen molar-refractivity contribution in [2.24, 2.45) is 0 Å². The molecule has 0 heterocycles. The summed E-state index contributed by atoms with van der Waals surface area (Å²) in [4.78, 5) is 22.9. The first-order valence-electron chi connectivity index (χ1n) is 7.03. The summed E-state index contributed by atoms with van der Waals surface area (Å²) in [6.45, 7) is 7.48. The normalized spacial score (nSPS) is 20.8. The van der Waals surface area contributed by atoms with Crippen LogP contribution in [0.25, 0.3) is 0 Å². The van der Waals surface area contributed by atoms with Crippen LogP contribution in [0, 0.1) is 0 Å². The van der Waals surface area contributed by atoms with Crippen LogP contribution in [0.4, 0.5) is 4.79 Å². The molecular weight excluding hydrogens is 270 g/mol. The second-order valence-corrected chi connectivity index (χ2v) is 6.46. The van der Waals surface area contributed by atoms with E-state index in [4.69, 9.17) is 9.84 Å². The zero-order valence-electron chi connectivity index (χ0n) is 12.8. The third-order valence-electron chi connectivity index (χ3n) is 3.63. The number of nitrogens with one attached hydrogen (secondary N) is 1. The fourth-order valence-electron chi connectivity index (χ4n) is 2.63. The molecule has 0 aliphatic heterocycles. The fraction of sp³-hybridized carbons (Fsp3) is 0.500. The van der Waals surface area contributed by atoms with Crippen LogP contribution in [0.3, 0.4) is 0 Å². The molecule has 1 amide bonds. The van der Waals surface area contributed by atoms with Gasteiger partial charge in [0.2, 0.25) is 0 Å². The van der Waals surface area contributed by atoms with Gasteiger partial charge in [-0.1, -0.05) is 13.0 Å². The number of aromatic carboxylic acids is 1. The van der Waals surface area contributed by atoms with Gasteiger partial charge in [0, 0.05) is 12.0 Å². The molecule has 21 heavy (non-hydrogen) atoms. The van der Waals surface area contributed by atoms with E-state index in [-0.39, 0.29) is 17.5 Å². The quantitative estimate of drug-likeness (QED) is 0.878. The van der Waals surface area contributed by atoms with Gasteiger partial charge in [-0.2, -0.15) is 0 Å². The van der Waals surface area contributed by atoms with Gasteiger partial charge in [-0.15, -0.1) is 0 Å². The number of alkyl carbamates (subject to hydrolysis) is 1. The van der Waals surface area contributed by atoms with Gasteiger partial charge in [-0.25, -0.2) is 9.59 Å². The fourth-order valence-corrected chi connectivity index (χ4v) is 2.63. The summed E-state index contributed by atoms with van der Waals surface area (Å²) in [6, 6.07) is 5.05. The average molecular weight is 291 g/mol. The van der Waals surface area contributed by atoms with E-state index in [1.54, 1.807) is 12.1 Å². The number of fused-ring (bicyclic) bond motifs is 1. The van der Waals surface area contributed by atoms with Crippen LogP contribution in [0.1, 0.15) is 55.1 Å². The first-order chi connectivity index (χ1) is 9.67. The maximum absolute atomic E-state index is 11.9. The molecule has 1 aliphatic carbocycles. The monoisotopic (exact) mass is 291 g/mol. The highest BCUT2D eigenvalue weighted by Gasteiger charge is 2.32. The Kier molecular flexibility index (Phi) is 3.94.